The van der Waals surface area contributed by atoms with Crippen LogP contribution < -0.4 is 0 Å². The number of ether oxygens (including phenoxy) is 2. The predicted octanol–water partition coefficient (Wildman–Crippen LogP) is 12.3. The van der Waals surface area contributed by atoms with Crippen LogP contribution >= 0.6 is 0 Å². The van der Waals surface area contributed by atoms with E-state index in [-0.39, 0.29) is 25.2 Å². The van der Waals surface area contributed by atoms with Gasteiger partial charge in [-0.2, -0.15) is 0 Å². The van der Waals surface area contributed by atoms with Crippen LogP contribution in [-0.2, 0) is 19.1 Å². The monoisotopic (exact) mass is 649 g/mol. The standard InChI is InChI=1S/C41H76O5/c1-3-5-7-9-11-13-15-17-19-20-22-23-25-27-29-31-33-35-40(43)45-38-39(37-42)46-41(44)36-34-32-30-28-26-24-21-18-16-14-12-10-8-6-4-2/h12,14,18,21,39,42H,3-11,13,15-17,19-20,22-38H2,1-2H3/t39-/m0/s1. The summed E-state index contributed by atoms with van der Waals surface area (Å²) in [5.41, 5.74) is 0. The maximum atomic E-state index is 12.1. The number of allylic oxidation sites excluding steroid dienone is 4. The summed E-state index contributed by atoms with van der Waals surface area (Å²) in [6.45, 7) is 4.11. The molecule has 0 spiro atoms. The van der Waals surface area contributed by atoms with Crippen LogP contribution in [0.3, 0.4) is 0 Å². The first kappa shape index (κ1) is 44.4. The van der Waals surface area contributed by atoms with Crippen molar-refractivity contribution in [3.8, 4) is 0 Å². The Kier molecular flexibility index (Phi) is 36.5. The van der Waals surface area contributed by atoms with E-state index in [0.717, 1.165) is 51.4 Å². The molecule has 0 rings (SSSR count). The van der Waals surface area contributed by atoms with Crippen molar-refractivity contribution < 1.29 is 24.2 Å². The van der Waals surface area contributed by atoms with Crippen molar-refractivity contribution in [3.05, 3.63) is 24.3 Å². The molecular weight excluding hydrogens is 572 g/mol. The van der Waals surface area contributed by atoms with Crippen molar-refractivity contribution in [1.29, 1.82) is 0 Å². The minimum Gasteiger partial charge on any atom is -0.462 e. The minimum atomic E-state index is -0.773. The highest BCUT2D eigenvalue weighted by atomic mass is 16.6. The van der Waals surface area contributed by atoms with Gasteiger partial charge in [-0.15, -0.1) is 0 Å². The Hall–Kier alpha value is -1.62. The first-order valence-electron chi connectivity index (χ1n) is 19.9. The van der Waals surface area contributed by atoms with Crippen LogP contribution in [-0.4, -0.2) is 36.4 Å². The fourth-order valence-corrected chi connectivity index (χ4v) is 5.70. The van der Waals surface area contributed by atoms with Crippen molar-refractivity contribution in [3.63, 3.8) is 0 Å². The summed E-state index contributed by atoms with van der Waals surface area (Å²) < 4.78 is 10.6. The van der Waals surface area contributed by atoms with Crippen molar-refractivity contribution >= 4 is 11.9 Å². The number of rotatable bonds is 36. The third kappa shape index (κ3) is 35.2. The molecule has 0 saturated heterocycles. The molecule has 0 heterocycles. The lowest BCUT2D eigenvalue weighted by Crippen LogP contribution is -2.28. The van der Waals surface area contributed by atoms with Gasteiger partial charge in [-0.1, -0.05) is 173 Å². The molecule has 46 heavy (non-hydrogen) atoms. The van der Waals surface area contributed by atoms with Crippen LogP contribution in [0.1, 0.15) is 206 Å². The molecule has 0 amide bonds. The maximum Gasteiger partial charge on any atom is 0.306 e. The molecule has 0 aliphatic heterocycles. The molecule has 270 valence electrons. The Labute approximate surface area is 285 Å². The molecule has 0 aromatic heterocycles. The third-order valence-electron chi connectivity index (χ3n) is 8.75. The highest BCUT2D eigenvalue weighted by Gasteiger charge is 2.16. The van der Waals surface area contributed by atoms with E-state index in [1.54, 1.807) is 0 Å². The van der Waals surface area contributed by atoms with Gasteiger partial charge in [-0.05, 0) is 44.9 Å². The van der Waals surface area contributed by atoms with Gasteiger partial charge in [0.25, 0.3) is 0 Å². The molecule has 5 nitrogen and oxygen atoms in total. The van der Waals surface area contributed by atoms with Crippen LogP contribution in [0.4, 0.5) is 0 Å². The molecule has 0 fully saturated rings. The SMILES string of the molecule is CCCCCC=CCC=CCCCCCCCC(=O)O[C@@H](CO)COC(=O)CCCCCCCCCCCCCCCCCCC. The molecule has 1 atom stereocenters. The molecule has 5 heteroatoms. The van der Waals surface area contributed by atoms with E-state index < -0.39 is 6.10 Å². The third-order valence-corrected chi connectivity index (χ3v) is 8.75. The van der Waals surface area contributed by atoms with Gasteiger partial charge in [0.2, 0.25) is 0 Å². The number of hydrogen-bond donors (Lipinski definition) is 1. The number of carbonyl (C=O) groups is 2. The zero-order chi connectivity index (χ0) is 33.6. The second kappa shape index (κ2) is 37.8. The normalized spacial score (nSPS) is 12.3. The summed E-state index contributed by atoms with van der Waals surface area (Å²) in [7, 11) is 0. The zero-order valence-electron chi connectivity index (χ0n) is 30.6. The summed E-state index contributed by atoms with van der Waals surface area (Å²) in [4.78, 5) is 24.2. The fraction of sp³-hybridized carbons (Fsp3) is 0.854. The highest BCUT2D eigenvalue weighted by Crippen LogP contribution is 2.15. The summed E-state index contributed by atoms with van der Waals surface area (Å²) >= 11 is 0. The molecular formula is C41H76O5. The van der Waals surface area contributed by atoms with Gasteiger partial charge in [0, 0.05) is 12.8 Å². The quantitative estimate of drug-likeness (QED) is 0.0416. The molecule has 0 aromatic rings. The van der Waals surface area contributed by atoms with Gasteiger partial charge in [0.1, 0.15) is 6.61 Å². The van der Waals surface area contributed by atoms with Gasteiger partial charge in [0.05, 0.1) is 6.61 Å². The van der Waals surface area contributed by atoms with E-state index in [9.17, 15) is 14.7 Å². The molecule has 0 aromatic carbocycles. The van der Waals surface area contributed by atoms with Crippen molar-refractivity contribution in [2.45, 2.75) is 213 Å². The molecule has 0 unspecified atom stereocenters. The van der Waals surface area contributed by atoms with Crippen LogP contribution in [0.25, 0.3) is 0 Å². The molecule has 0 saturated carbocycles. The van der Waals surface area contributed by atoms with E-state index in [1.807, 2.05) is 0 Å². The van der Waals surface area contributed by atoms with E-state index in [4.69, 9.17) is 9.47 Å². The second-order valence-corrected chi connectivity index (χ2v) is 13.4. The first-order valence-corrected chi connectivity index (χ1v) is 19.9. The predicted molar refractivity (Wildman–Crippen MR) is 196 cm³/mol. The van der Waals surface area contributed by atoms with Crippen molar-refractivity contribution in [2.75, 3.05) is 13.2 Å². The van der Waals surface area contributed by atoms with E-state index >= 15 is 0 Å². The van der Waals surface area contributed by atoms with Gasteiger partial charge in [-0.3, -0.25) is 9.59 Å². The van der Waals surface area contributed by atoms with E-state index in [2.05, 4.69) is 38.2 Å². The Bertz CT molecular complexity index is 701. The molecule has 0 aliphatic carbocycles. The minimum absolute atomic E-state index is 0.0673. The molecule has 0 radical (unpaired) electrons. The Morgan fingerprint density at radius 1 is 0.500 bits per heavy atom. The zero-order valence-corrected chi connectivity index (χ0v) is 30.6. The summed E-state index contributed by atoms with van der Waals surface area (Å²) in [5.74, 6) is -0.599. The average Bonchev–Trinajstić information content (AvgIpc) is 3.06. The first-order chi connectivity index (χ1) is 22.6. The van der Waals surface area contributed by atoms with Crippen LogP contribution in [0.5, 0.6) is 0 Å². The number of esters is 2. The van der Waals surface area contributed by atoms with Crippen molar-refractivity contribution in [1.82, 2.24) is 0 Å². The molecule has 1 N–H and O–H groups in total. The van der Waals surface area contributed by atoms with Crippen LogP contribution in [0, 0.1) is 0 Å². The van der Waals surface area contributed by atoms with Crippen LogP contribution in [0.15, 0.2) is 24.3 Å². The Morgan fingerprint density at radius 3 is 1.33 bits per heavy atom. The average molecular weight is 649 g/mol. The number of carbonyl (C=O) groups excluding carboxylic acids is 2. The van der Waals surface area contributed by atoms with Gasteiger partial charge < -0.3 is 14.6 Å². The second-order valence-electron chi connectivity index (χ2n) is 13.4. The largest absolute Gasteiger partial charge is 0.462 e. The number of unbranched alkanes of at least 4 members (excludes halogenated alkanes) is 24. The molecule has 0 bridgehead atoms. The van der Waals surface area contributed by atoms with Gasteiger partial charge >= 0.3 is 11.9 Å². The lowest BCUT2D eigenvalue weighted by molar-refractivity contribution is -0.161. The summed E-state index contributed by atoms with van der Waals surface area (Å²) in [6, 6.07) is 0. The van der Waals surface area contributed by atoms with E-state index in [1.165, 1.54) is 128 Å². The fourth-order valence-electron chi connectivity index (χ4n) is 5.70. The summed E-state index contributed by atoms with van der Waals surface area (Å²) in [6.07, 6.45) is 43.8. The lowest BCUT2D eigenvalue weighted by Gasteiger charge is -2.15. The number of aliphatic hydroxyl groups excluding tert-OH is 1. The van der Waals surface area contributed by atoms with Crippen LogP contribution in [0.2, 0.25) is 0 Å². The highest BCUT2D eigenvalue weighted by molar-refractivity contribution is 5.70. The topological polar surface area (TPSA) is 72.8 Å². The lowest BCUT2D eigenvalue weighted by atomic mass is 10.0. The van der Waals surface area contributed by atoms with Gasteiger partial charge in [-0.25, -0.2) is 0 Å². The number of aliphatic hydroxyl groups is 1. The maximum absolute atomic E-state index is 12.1. The smallest absolute Gasteiger partial charge is 0.306 e. The Morgan fingerprint density at radius 2 is 0.870 bits per heavy atom. The van der Waals surface area contributed by atoms with Crippen molar-refractivity contribution in [2.24, 2.45) is 0 Å². The molecule has 0 aliphatic rings. The van der Waals surface area contributed by atoms with E-state index in [0.29, 0.717) is 12.8 Å². The number of hydrogen-bond acceptors (Lipinski definition) is 5. The summed E-state index contributed by atoms with van der Waals surface area (Å²) in [5, 5.41) is 9.55. The van der Waals surface area contributed by atoms with Gasteiger partial charge in [0.15, 0.2) is 6.10 Å². The Balaban J connectivity index is 3.54.